The van der Waals surface area contributed by atoms with Gasteiger partial charge in [0.15, 0.2) is 5.82 Å². The fourth-order valence-corrected chi connectivity index (χ4v) is 2.27. The standard InChI is InChI=1S/C14H10ClFN4/c15-10-7-8(16)4-5-9(10)13-12(14(17)20-19-13)11-3-1-2-6-18-11/h1-7H,(H3,17,19,20). The summed E-state index contributed by atoms with van der Waals surface area (Å²) in [6, 6.07) is 9.64. The van der Waals surface area contributed by atoms with E-state index in [-0.39, 0.29) is 5.02 Å². The molecule has 0 amide bonds. The molecule has 3 rings (SSSR count). The molecule has 0 unspecified atom stereocenters. The Kier molecular flexibility index (Phi) is 3.12. The molecule has 0 atom stereocenters. The van der Waals surface area contributed by atoms with Gasteiger partial charge in [-0.3, -0.25) is 10.1 Å². The van der Waals surface area contributed by atoms with E-state index in [4.69, 9.17) is 17.3 Å². The average Bonchev–Trinajstić information content (AvgIpc) is 2.81. The lowest BCUT2D eigenvalue weighted by molar-refractivity contribution is 0.628. The molecule has 3 aromatic rings. The molecule has 0 aliphatic heterocycles. The summed E-state index contributed by atoms with van der Waals surface area (Å²) in [5.74, 6) is -0.0790. The van der Waals surface area contributed by atoms with Crippen LogP contribution in [-0.2, 0) is 0 Å². The fraction of sp³-hybridized carbons (Fsp3) is 0. The minimum Gasteiger partial charge on any atom is -0.382 e. The Morgan fingerprint density at radius 1 is 1.20 bits per heavy atom. The second kappa shape index (κ2) is 4.94. The highest BCUT2D eigenvalue weighted by atomic mass is 35.5. The van der Waals surface area contributed by atoms with Gasteiger partial charge in [0.05, 0.1) is 22.0 Å². The van der Waals surface area contributed by atoms with Gasteiger partial charge in [-0.25, -0.2) is 4.39 Å². The van der Waals surface area contributed by atoms with Crippen LogP contribution in [0.25, 0.3) is 22.5 Å². The number of halogens is 2. The molecule has 0 spiro atoms. The first-order valence-electron chi connectivity index (χ1n) is 5.87. The number of hydrogen-bond acceptors (Lipinski definition) is 3. The number of aromatic amines is 1. The number of nitrogens with one attached hydrogen (secondary N) is 1. The minimum absolute atomic E-state index is 0.283. The predicted molar refractivity (Wildman–Crippen MR) is 76.6 cm³/mol. The van der Waals surface area contributed by atoms with E-state index in [1.807, 2.05) is 18.2 Å². The third-order valence-corrected chi connectivity index (χ3v) is 3.23. The Balaban J connectivity index is 2.21. The predicted octanol–water partition coefficient (Wildman–Crippen LogP) is 3.51. The molecule has 0 saturated carbocycles. The summed E-state index contributed by atoms with van der Waals surface area (Å²) in [5, 5.41) is 7.10. The Morgan fingerprint density at radius 2 is 2.05 bits per heavy atom. The average molecular weight is 289 g/mol. The summed E-state index contributed by atoms with van der Waals surface area (Å²) in [6.45, 7) is 0. The zero-order chi connectivity index (χ0) is 14.1. The highest BCUT2D eigenvalue weighted by Gasteiger charge is 2.17. The lowest BCUT2D eigenvalue weighted by atomic mass is 10.0. The number of rotatable bonds is 2. The molecule has 6 heteroatoms. The molecule has 3 N–H and O–H groups in total. The lowest BCUT2D eigenvalue weighted by Crippen LogP contribution is -1.91. The first kappa shape index (κ1) is 12.6. The molecular weight excluding hydrogens is 279 g/mol. The number of nitrogen functional groups attached to an aromatic ring is 1. The number of anilines is 1. The summed E-state index contributed by atoms with van der Waals surface area (Å²) >= 11 is 6.08. The van der Waals surface area contributed by atoms with Crippen molar-refractivity contribution in [1.29, 1.82) is 0 Å². The van der Waals surface area contributed by atoms with E-state index in [1.165, 1.54) is 12.1 Å². The van der Waals surface area contributed by atoms with Crippen LogP contribution in [0.2, 0.25) is 5.02 Å². The lowest BCUT2D eigenvalue weighted by Gasteiger charge is -2.06. The topological polar surface area (TPSA) is 67.6 Å². The summed E-state index contributed by atoms with van der Waals surface area (Å²) in [5.41, 5.74) is 8.46. The van der Waals surface area contributed by atoms with Gasteiger partial charge in [0.2, 0.25) is 0 Å². The first-order chi connectivity index (χ1) is 9.66. The third kappa shape index (κ3) is 2.12. The van der Waals surface area contributed by atoms with Gasteiger partial charge in [0, 0.05) is 11.8 Å². The van der Waals surface area contributed by atoms with Crippen molar-refractivity contribution in [2.75, 3.05) is 5.73 Å². The van der Waals surface area contributed by atoms with Crippen molar-refractivity contribution < 1.29 is 4.39 Å². The van der Waals surface area contributed by atoms with Crippen molar-refractivity contribution in [2.45, 2.75) is 0 Å². The van der Waals surface area contributed by atoms with Crippen LogP contribution in [0.15, 0.2) is 42.6 Å². The number of nitrogens with zero attached hydrogens (tertiary/aromatic N) is 2. The summed E-state index contributed by atoms with van der Waals surface area (Å²) < 4.78 is 13.1. The second-order valence-electron chi connectivity index (χ2n) is 4.20. The van der Waals surface area contributed by atoms with Crippen LogP contribution in [0.3, 0.4) is 0 Å². The molecule has 1 aromatic carbocycles. The molecule has 0 bridgehead atoms. The maximum atomic E-state index is 13.1. The second-order valence-corrected chi connectivity index (χ2v) is 4.61. The van der Waals surface area contributed by atoms with E-state index >= 15 is 0 Å². The van der Waals surface area contributed by atoms with E-state index in [0.717, 1.165) is 0 Å². The molecule has 20 heavy (non-hydrogen) atoms. The van der Waals surface area contributed by atoms with E-state index in [1.54, 1.807) is 12.3 Å². The van der Waals surface area contributed by atoms with Gasteiger partial charge in [-0.05, 0) is 30.3 Å². The highest BCUT2D eigenvalue weighted by molar-refractivity contribution is 6.33. The molecule has 0 saturated heterocycles. The zero-order valence-corrected chi connectivity index (χ0v) is 11.0. The molecule has 0 aliphatic rings. The van der Waals surface area contributed by atoms with E-state index in [9.17, 15) is 4.39 Å². The molecule has 0 radical (unpaired) electrons. The van der Waals surface area contributed by atoms with Gasteiger partial charge in [-0.2, -0.15) is 5.10 Å². The SMILES string of the molecule is Nc1n[nH]c(-c2ccc(F)cc2Cl)c1-c1ccccn1. The van der Waals surface area contributed by atoms with Crippen LogP contribution < -0.4 is 5.73 Å². The van der Waals surface area contributed by atoms with Crippen LogP contribution in [0.5, 0.6) is 0 Å². The van der Waals surface area contributed by atoms with Crippen molar-refractivity contribution in [3.05, 3.63) is 53.4 Å². The van der Waals surface area contributed by atoms with Crippen molar-refractivity contribution in [1.82, 2.24) is 15.2 Å². The molecule has 4 nitrogen and oxygen atoms in total. The molecule has 100 valence electrons. The third-order valence-electron chi connectivity index (χ3n) is 2.92. The Hall–Kier alpha value is -2.40. The quantitative estimate of drug-likeness (QED) is 0.758. The highest BCUT2D eigenvalue weighted by Crippen LogP contribution is 2.36. The van der Waals surface area contributed by atoms with Gasteiger partial charge in [0.1, 0.15) is 5.82 Å². The summed E-state index contributed by atoms with van der Waals surface area (Å²) in [7, 11) is 0. The van der Waals surface area contributed by atoms with Crippen molar-refractivity contribution in [3.63, 3.8) is 0 Å². The van der Waals surface area contributed by atoms with Gasteiger partial charge in [-0.1, -0.05) is 17.7 Å². The smallest absolute Gasteiger partial charge is 0.155 e. The molecule has 2 aromatic heterocycles. The van der Waals surface area contributed by atoms with Crippen LogP contribution in [-0.4, -0.2) is 15.2 Å². The van der Waals surface area contributed by atoms with Crippen LogP contribution >= 0.6 is 11.6 Å². The Bertz CT molecular complexity index is 755. The van der Waals surface area contributed by atoms with E-state index < -0.39 is 5.82 Å². The van der Waals surface area contributed by atoms with Crippen molar-refractivity contribution >= 4 is 17.4 Å². The molecule has 2 heterocycles. The minimum atomic E-state index is -0.398. The Labute approximate surface area is 119 Å². The number of benzene rings is 1. The molecule has 0 aliphatic carbocycles. The number of pyridine rings is 1. The van der Waals surface area contributed by atoms with Crippen LogP contribution in [0.1, 0.15) is 0 Å². The number of aromatic nitrogens is 3. The monoisotopic (exact) mass is 288 g/mol. The van der Waals surface area contributed by atoms with Gasteiger partial charge >= 0.3 is 0 Å². The van der Waals surface area contributed by atoms with Crippen molar-refractivity contribution in [2.24, 2.45) is 0 Å². The zero-order valence-electron chi connectivity index (χ0n) is 10.3. The number of hydrogen-bond donors (Lipinski definition) is 2. The van der Waals surface area contributed by atoms with E-state index in [2.05, 4.69) is 15.2 Å². The maximum absolute atomic E-state index is 13.1. The maximum Gasteiger partial charge on any atom is 0.155 e. The van der Waals surface area contributed by atoms with Crippen LogP contribution in [0, 0.1) is 5.82 Å². The normalized spacial score (nSPS) is 10.7. The first-order valence-corrected chi connectivity index (χ1v) is 6.25. The van der Waals surface area contributed by atoms with Gasteiger partial charge in [-0.15, -0.1) is 0 Å². The Morgan fingerprint density at radius 3 is 2.75 bits per heavy atom. The summed E-state index contributed by atoms with van der Waals surface area (Å²) in [4.78, 5) is 4.26. The van der Waals surface area contributed by atoms with Crippen molar-refractivity contribution in [3.8, 4) is 22.5 Å². The molecule has 0 fully saturated rings. The van der Waals surface area contributed by atoms with Crippen LogP contribution in [0.4, 0.5) is 10.2 Å². The molecular formula is C14H10ClFN4. The fourth-order valence-electron chi connectivity index (χ4n) is 2.01. The van der Waals surface area contributed by atoms with E-state index in [0.29, 0.717) is 28.3 Å². The van der Waals surface area contributed by atoms with Gasteiger partial charge in [0.25, 0.3) is 0 Å². The number of H-pyrrole nitrogens is 1. The number of nitrogens with two attached hydrogens (primary N) is 1. The van der Waals surface area contributed by atoms with Gasteiger partial charge < -0.3 is 5.73 Å². The largest absolute Gasteiger partial charge is 0.382 e. The summed E-state index contributed by atoms with van der Waals surface area (Å²) in [6.07, 6.45) is 1.66.